The lowest BCUT2D eigenvalue weighted by molar-refractivity contribution is 0.0912. The number of carbonyl (C=O) groups excluding carboxylic acids is 1. The standard InChI is InChI=1S/C17H23N3O2/c1-4-20(5-2)11-10-18-17(21)16-12-15(19-22-16)14-8-6-13(3)7-9-14/h6-9,12H,4-5,10-11H2,1-3H3,(H,18,21). The topological polar surface area (TPSA) is 58.4 Å². The molecule has 0 aliphatic rings. The van der Waals surface area contributed by atoms with Crippen molar-refractivity contribution in [2.24, 2.45) is 0 Å². The second-order valence-corrected chi connectivity index (χ2v) is 5.23. The predicted molar refractivity (Wildman–Crippen MR) is 86.8 cm³/mol. The number of likely N-dealkylation sites (N-methyl/N-ethyl adjacent to an activating group) is 1. The zero-order chi connectivity index (χ0) is 15.9. The molecule has 5 heteroatoms. The van der Waals surface area contributed by atoms with Crippen LogP contribution in [0.25, 0.3) is 11.3 Å². The van der Waals surface area contributed by atoms with Crippen LogP contribution in [0.5, 0.6) is 0 Å². The first-order valence-corrected chi connectivity index (χ1v) is 7.68. The average Bonchev–Trinajstić information content (AvgIpc) is 3.02. The highest BCUT2D eigenvalue weighted by Crippen LogP contribution is 2.19. The summed E-state index contributed by atoms with van der Waals surface area (Å²) < 4.78 is 5.15. The maximum Gasteiger partial charge on any atom is 0.289 e. The summed E-state index contributed by atoms with van der Waals surface area (Å²) in [6.07, 6.45) is 0. The Morgan fingerprint density at radius 1 is 1.23 bits per heavy atom. The van der Waals surface area contributed by atoms with E-state index in [4.69, 9.17) is 4.52 Å². The van der Waals surface area contributed by atoms with E-state index in [2.05, 4.69) is 29.2 Å². The van der Waals surface area contributed by atoms with Crippen molar-refractivity contribution < 1.29 is 9.32 Å². The smallest absolute Gasteiger partial charge is 0.289 e. The summed E-state index contributed by atoms with van der Waals surface area (Å²) in [4.78, 5) is 14.3. The summed E-state index contributed by atoms with van der Waals surface area (Å²) in [6, 6.07) is 9.63. The minimum Gasteiger partial charge on any atom is -0.350 e. The Balaban J connectivity index is 1.93. The molecule has 0 saturated heterocycles. The zero-order valence-corrected chi connectivity index (χ0v) is 13.4. The molecule has 0 atom stereocenters. The molecular formula is C17H23N3O2. The summed E-state index contributed by atoms with van der Waals surface area (Å²) in [6.45, 7) is 9.63. The lowest BCUT2D eigenvalue weighted by atomic mass is 10.1. The van der Waals surface area contributed by atoms with Gasteiger partial charge in [0.15, 0.2) is 0 Å². The van der Waals surface area contributed by atoms with E-state index in [0.29, 0.717) is 12.2 Å². The number of aromatic nitrogens is 1. The summed E-state index contributed by atoms with van der Waals surface area (Å²) in [5.74, 6) is 0.0214. The third-order valence-electron chi connectivity index (χ3n) is 3.69. The van der Waals surface area contributed by atoms with E-state index in [0.717, 1.165) is 25.2 Å². The number of amides is 1. The molecule has 0 aliphatic carbocycles. The number of nitrogens with one attached hydrogen (secondary N) is 1. The quantitative estimate of drug-likeness (QED) is 0.854. The molecule has 1 heterocycles. The van der Waals surface area contributed by atoms with Gasteiger partial charge in [0.1, 0.15) is 5.69 Å². The third-order valence-corrected chi connectivity index (χ3v) is 3.69. The number of carbonyl (C=O) groups is 1. The molecule has 0 saturated carbocycles. The van der Waals surface area contributed by atoms with Gasteiger partial charge in [-0.05, 0) is 20.0 Å². The number of hydrogen-bond acceptors (Lipinski definition) is 4. The average molecular weight is 301 g/mol. The number of nitrogens with zero attached hydrogens (tertiary/aromatic N) is 2. The van der Waals surface area contributed by atoms with Crippen molar-refractivity contribution >= 4 is 5.91 Å². The van der Waals surface area contributed by atoms with E-state index in [1.807, 2.05) is 31.2 Å². The fourth-order valence-corrected chi connectivity index (χ4v) is 2.20. The summed E-state index contributed by atoms with van der Waals surface area (Å²) in [5, 5.41) is 6.82. The van der Waals surface area contributed by atoms with Gasteiger partial charge in [0.25, 0.3) is 5.91 Å². The van der Waals surface area contributed by atoms with Crippen LogP contribution in [0.15, 0.2) is 34.9 Å². The van der Waals surface area contributed by atoms with Crippen molar-refractivity contribution in [3.05, 3.63) is 41.7 Å². The number of aryl methyl sites for hydroxylation is 1. The van der Waals surface area contributed by atoms with Crippen LogP contribution in [0.4, 0.5) is 0 Å². The molecule has 2 aromatic rings. The summed E-state index contributed by atoms with van der Waals surface area (Å²) in [5.41, 5.74) is 2.80. The molecule has 0 bridgehead atoms. The van der Waals surface area contributed by atoms with Gasteiger partial charge in [0.2, 0.25) is 5.76 Å². The van der Waals surface area contributed by atoms with E-state index in [1.54, 1.807) is 6.07 Å². The van der Waals surface area contributed by atoms with Crippen LogP contribution in [0, 0.1) is 6.92 Å². The fourth-order valence-electron chi connectivity index (χ4n) is 2.20. The summed E-state index contributed by atoms with van der Waals surface area (Å²) in [7, 11) is 0. The van der Waals surface area contributed by atoms with Gasteiger partial charge in [0.05, 0.1) is 0 Å². The van der Waals surface area contributed by atoms with Crippen LogP contribution < -0.4 is 5.32 Å². The number of rotatable bonds is 7. The van der Waals surface area contributed by atoms with E-state index >= 15 is 0 Å². The van der Waals surface area contributed by atoms with Crippen LogP contribution in [0.2, 0.25) is 0 Å². The van der Waals surface area contributed by atoms with Crippen LogP contribution in [0.1, 0.15) is 30.0 Å². The molecule has 1 aromatic carbocycles. The molecule has 118 valence electrons. The number of benzene rings is 1. The Labute approximate surface area is 131 Å². The lowest BCUT2D eigenvalue weighted by Gasteiger charge is -2.17. The SMILES string of the molecule is CCN(CC)CCNC(=O)c1cc(-c2ccc(C)cc2)no1. The van der Waals surface area contributed by atoms with E-state index in [-0.39, 0.29) is 11.7 Å². The Bertz CT molecular complexity index is 601. The van der Waals surface area contributed by atoms with Crippen LogP contribution in [0.3, 0.4) is 0 Å². The van der Waals surface area contributed by atoms with E-state index in [1.165, 1.54) is 5.56 Å². The van der Waals surface area contributed by atoms with Gasteiger partial charge >= 0.3 is 0 Å². The van der Waals surface area contributed by atoms with E-state index < -0.39 is 0 Å². The highest BCUT2D eigenvalue weighted by molar-refractivity contribution is 5.92. The first kappa shape index (κ1) is 16.2. The molecular weight excluding hydrogens is 278 g/mol. The first-order chi connectivity index (χ1) is 10.6. The third kappa shape index (κ3) is 4.18. The van der Waals surface area contributed by atoms with Crippen LogP contribution in [-0.4, -0.2) is 42.1 Å². The minimum atomic E-state index is -0.224. The Kier molecular flexibility index (Phi) is 5.72. The highest BCUT2D eigenvalue weighted by Gasteiger charge is 2.13. The largest absolute Gasteiger partial charge is 0.350 e. The van der Waals surface area contributed by atoms with Gasteiger partial charge in [-0.1, -0.05) is 48.8 Å². The predicted octanol–water partition coefficient (Wildman–Crippen LogP) is 2.72. The van der Waals surface area contributed by atoms with Gasteiger partial charge in [-0.25, -0.2) is 0 Å². The molecule has 0 unspecified atom stereocenters. The Morgan fingerprint density at radius 3 is 2.55 bits per heavy atom. The minimum absolute atomic E-state index is 0.224. The van der Waals surface area contributed by atoms with Crippen molar-refractivity contribution in [3.8, 4) is 11.3 Å². The van der Waals surface area contributed by atoms with Crippen molar-refractivity contribution in [3.63, 3.8) is 0 Å². The second kappa shape index (κ2) is 7.75. The Hall–Kier alpha value is -2.14. The van der Waals surface area contributed by atoms with Crippen molar-refractivity contribution in [1.82, 2.24) is 15.4 Å². The van der Waals surface area contributed by atoms with Gasteiger partial charge in [-0.3, -0.25) is 4.79 Å². The van der Waals surface area contributed by atoms with Gasteiger partial charge in [0, 0.05) is 24.7 Å². The molecule has 22 heavy (non-hydrogen) atoms. The molecule has 0 fully saturated rings. The first-order valence-electron chi connectivity index (χ1n) is 7.68. The van der Waals surface area contributed by atoms with Gasteiger partial charge in [-0.2, -0.15) is 0 Å². The second-order valence-electron chi connectivity index (χ2n) is 5.23. The van der Waals surface area contributed by atoms with Crippen molar-refractivity contribution in [2.75, 3.05) is 26.2 Å². The molecule has 1 amide bonds. The fraction of sp³-hybridized carbons (Fsp3) is 0.412. The number of hydrogen-bond donors (Lipinski definition) is 1. The summed E-state index contributed by atoms with van der Waals surface area (Å²) >= 11 is 0. The monoisotopic (exact) mass is 301 g/mol. The van der Waals surface area contributed by atoms with Gasteiger partial charge < -0.3 is 14.7 Å². The Morgan fingerprint density at radius 2 is 1.91 bits per heavy atom. The lowest BCUT2D eigenvalue weighted by Crippen LogP contribution is -2.34. The maximum atomic E-state index is 12.0. The highest BCUT2D eigenvalue weighted by atomic mass is 16.5. The molecule has 0 aliphatic heterocycles. The normalized spacial score (nSPS) is 10.9. The van der Waals surface area contributed by atoms with Crippen LogP contribution >= 0.6 is 0 Å². The van der Waals surface area contributed by atoms with Crippen molar-refractivity contribution in [1.29, 1.82) is 0 Å². The van der Waals surface area contributed by atoms with E-state index in [9.17, 15) is 4.79 Å². The van der Waals surface area contributed by atoms with Gasteiger partial charge in [-0.15, -0.1) is 0 Å². The van der Waals surface area contributed by atoms with Crippen LogP contribution in [-0.2, 0) is 0 Å². The zero-order valence-electron chi connectivity index (χ0n) is 13.4. The molecule has 0 spiro atoms. The molecule has 5 nitrogen and oxygen atoms in total. The molecule has 2 rings (SSSR count). The van der Waals surface area contributed by atoms with Crippen molar-refractivity contribution in [2.45, 2.75) is 20.8 Å². The maximum absolute atomic E-state index is 12.0. The molecule has 1 aromatic heterocycles. The molecule has 0 radical (unpaired) electrons. The molecule has 1 N–H and O–H groups in total.